The van der Waals surface area contributed by atoms with E-state index in [-0.39, 0.29) is 0 Å². The van der Waals surface area contributed by atoms with Crippen LogP contribution in [0.15, 0.2) is 0 Å². The van der Waals surface area contributed by atoms with E-state index in [0.717, 1.165) is 13.0 Å². The van der Waals surface area contributed by atoms with E-state index in [9.17, 15) is 0 Å². The Morgan fingerprint density at radius 1 is 1.43 bits per heavy atom. The number of likely N-dealkylation sites (N-methyl/N-ethyl adjacent to an activating group) is 1. The molecule has 78 valence electrons. The zero-order valence-corrected chi connectivity index (χ0v) is 9.14. The molecule has 3 nitrogen and oxygen atoms in total. The van der Waals surface area contributed by atoms with E-state index in [1.807, 2.05) is 7.05 Å². The maximum atomic E-state index is 4.64. The number of imidazole rings is 1. The Morgan fingerprint density at radius 2 is 2.29 bits per heavy atom. The van der Waals surface area contributed by atoms with E-state index >= 15 is 0 Å². The van der Waals surface area contributed by atoms with Crippen LogP contribution in [-0.2, 0) is 19.4 Å². The van der Waals surface area contributed by atoms with Crippen LogP contribution in [0.5, 0.6) is 0 Å². The molecule has 0 radical (unpaired) electrons. The predicted octanol–water partition coefficient (Wildman–Crippen LogP) is 1.29. The van der Waals surface area contributed by atoms with Crippen molar-refractivity contribution in [2.75, 3.05) is 13.6 Å². The van der Waals surface area contributed by atoms with E-state index in [1.54, 1.807) is 0 Å². The van der Waals surface area contributed by atoms with Gasteiger partial charge in [-0.05, 0) is 26.8 Å². The summed E-state index contributed by atoms with van der Waals surface area (Å²) >= 11 is 0. The van der Waals surface area contributed by atoms with Crippen molar-refractivity contribution in [1.29, 1.82) is 0 Å². The molecule has 1 aromatic rings. The molecular formula is C11H19N3. The molecule has 2 rings (SSSR count). The molecule has 1 aromatic heterocycles. The van der Waals surface area contributed by atoms with Crippen molar-refractivity contribution < 1.29 is 0 Å². The van der Waals surface area contributed by atoms with Crippen LogP contribution < -0.4 is 5.32 Å². The van der Waals surface area contributed by atoms with Gasteiger partial charge >= 0.3 is 0 Å². The minimum Gasteiger partial charge on any atom is -0.332 e. The smallest absolute Gasteiger partial charge is 0.109 e. The maximum absolute atomic E-state index is 4.64. The number of nitrogens with one attached hydrogen (secondary N) is 1. The first-order chi connectivity index (χ1) is 6.83. The second-order valence-corrected chi connectivity index (χ2v) is 4.02. The van der Waals surface area contributed by atoms with Gasteiger partial charge in [-0.1, -0.05) is 0 Å². The van der Waals surface area contributed by atoms with Crippen molar-refractivity contribution in [3.05, 3.63) is 17.2 Å². The number of aromatic nitrogens is 2. The number of hydrogen-bond donors (Lipinski definition) is 1. The third-order valence-electron chi connectivity index (χ3n) is 3.00. The largest absolute Gasteiger partial charge is 0.332 e. The lowest BCUT2D eigenvalue weighted by molar-refractivity contribution is 0.506. The van der Waals surface area contributed by atoms with E-state index in [4.69, 9.17) is 0 Å². The summed E-state index contributed by atoms with van der Waals surface area (Å²) in [5.74, 6) is 1.31. The van der Waals surface area contributed by atoms with Gasteiger partial charge in [0, 0.05) is 31.6 Å². The summed E-state index contributed by atoms with van der Waals surface area (Å²) in [5.41, 5.74) is 2.67. The molecule has 1 N–H and O–H groups in total. The Balaban J connectivity index is 2.24. The highest BCUT2D eigenvalue weighted by molar-refractivity contribution is 5.17. The summed E-state index contributed by atoms with van der Waals surface area (Å²) < 4.78 is 2.43. The monoisotopic (exact) mass is 193 g/mol. The number of hydrogen-bond acceptors (Lipinski definition) is 2. The molecule has 0 aromatic carbocycles. The molecule has 0 aliphatic carbocycles. The molecule has 0 saturated carbocycles. The molecule has 0 saturated heterocycles. The molecule has 1 aliphatic heterocycles. The van der Waals surface area contributed by atoms with Gasteiger partial charge in [-0.15, -0.1) is 0 Å². The molecule has 0 amide bonds. The summed E-state index contributed by atoms with van der Waals surface area (Å²) in [6.45, 7) is 4.36. The molecular weight excluding hydrogens is 174 g/mol. The number of rotatable bonds is 3. The van der Waals surface area contributed by atoms with Gasteiger partial charge < -0.3 is 9.88 Å². The average Bonchev–Trinajstić information content (AvgIpc) is 2.51. The Hall–Kier alpha value is -0.830. The third-order valence-corrected chi connectivity index (χ3v) is 3.00. The Labute approximate surface area is 85.5 Å². The summed E-state index contributed by atoms with van der Waals surface area (Å²) in [6, 6.07) is 0. The fourth-order valence-electron chi connectivity index (χ4n) is 2.24. The van der Waals surface area contributed by atoms with Gasteiger partial charge in [0.25, 0.3) is 0 Å². The van der Waals surface area contributed by atoms with Gasteiger partial charge in [-0.25, -0.2) is 4.98 Å². The van der Waals surface area contributed by atoms with Crippen LogP contribution in [0.25, 0.3) is 0 Å². The first-order valence-electron chi connectivity index (χ1n) is 5.52. The lowest BCUT2D eigenvalue weighted by atomic mass is 10.1. The van der Waals surface area contributed by atoms with Crippen LogP contribution in [0.4, 0.5) is 0 Å². The zero-order valence-electron chi connectivity index (χ0n) is 9.14. The molecule has 1 aliphatic rings. The summed E-state index contributed by atoms with van der Waals surface area (Å²) in [5, 5.41) is 3.20. The minimum atomic E-state index is 1.05. The third kappa shape index (κ3) is 1.69. The van der Waals surface area contributed by atoms with Crippen molar-refractivity contribution in [2.45, 2.75) is 39.2 Å². The van der Waals surface area contributed by atoms with E-state index in [0.29, 0.717) is 0 Å². The first-order valence-corrected chi connectivity index (χ1v) is 5.52. The second-order valence-electron chi connectivity index (χ2n) is 4.02. The van der Waals surface area contributed by atoms with Crippen LogP contribution in [0.1, 0.15) is 30.1 Å². The van der Waals surface area contributed by atoms with Crippen LogP contribution >= 0.6 is 0 Å². The van der Waals surface area contributed by atoms with Crippen molar-refractivity contribution in [1.82, 2.24) is 14.9 Å². The summed E-state index contributed by atoms with van der Waals surface area (Å²) in [4.78, 5) is 4.64. The number of nitrogens with zero attached hydrogens (tertiary/aromatic N) is 2. The van der Waals surface area contributed by atoms with E-state index in [2.05, 4.69) is 21.8 Å². The Kier molecular flexibility index (Phi) is 2.87. The van der Waals surface area contributed by atoms with E-state index in [1.165, 1.54) is 43.0 Å². The van der Waals surface area contributed by atoms with Gasteiger partial charge in [-0.3, -0.25) is 0 Å². The molecule has 0 unspecified atom stereocenters. The highest BCUT2D eigenvalue weighted by Crippen LogP contribution is 2.19. The quantitative estimate of drug-likeness (QED) is 0.784. The maximum Gasteiger partial charge on any atom is 0.109 e. The zero-order chi connectivity index (χ0) is 9.97. The van der Waals surface area contributed by atoms with Crippen LogP contribution in [0, 0.1) is 6.92 Å². The average molecular weight is 193 g/mol. The standard InChI is InChI=1S/C11H19N3/c1-9-10(6-7-12-2)14-8-4-3-5-11(14)13-9/h12H,3-8H2,1-2H3. The van der Waals surface area contributed by atoms with Gasteiger partial charge in [0.05, 0.1) is 5.69 Å². The highest BCUT2D eigenvalue weighted by Gasteiger charge is 2.16. The van der Waals surface area contributed by atoms with Crippen LogP contribution in [0.3, 0.4) is 0 Å². The van der Waals surface area contributed by atoms with Crippen molar-refractivity contribution >= 4 is 0 Å². The van der Waals surface area contributed by atoms with Gasteiger partial charge in [0.15, 0.2) is 0 Å². The molecule has 0 fully saturated rings. The van der Waals surface area contributed by atoms with Gasteiger partial charge in [-0.2, -0.15) is 0 Å². The fourth-order valence-corrected chi connectivity index (χ4v) is 2.24. The Morgan fingerprint density at radius 3 is 3.07 bits per heavy atom. The van der Waals surface area contributed by atoms with Gasteiger partial charge in [0.2, 0.25) is 0 Å². The topological polar surface area (TPSA) is 29.9 Å². The summed E-state index contributed by atoms with van der Waals surface area (Å²) in [6.07, 6.45) is 4.90. The molecule has 3 heteroatoms. The molecule has 2 heterocycles. The van der Waals surface area contributed by atoms with Crippen LogP contribution in [-0.4, -0.2) is 23.1 Å². The minimum absolute atomic E-state index is 1.05. The SMILES string of the molecule is CNCCc1c(C)nc2n1CCCC2. The molecule has 0 bridgehead atoms. The fraction of sp³-hybridized carbons (Fsp3) is 0.727. The molecule has 0 spiro atoms. The lowest BCUT2D eigenvalue weighted by Gasteiger charge is -2.16. The van der Waals surface area contributed by atoms with E-state index < -0.39 is 0 Å². The highest BCUT2D eigenvalue weighted by atomic mass is 15.1. The first kappa shape index (κ1) is 9.71. The lowest BCUT2D eigenvalue weighted by Crippen LogP contribution is -2.17. The Bertz CT molecular complexity index is 315. The number of fused-ring (bicyclic) bond motifs is 1. The van der Waals surface area contributed by atoms with Crippen molar-refractivity contribution in [2.24, 2.45) is 0 Å². The van der Waals surface area contributed by atoms with Crippen LogP contribution in [0.2, 0.25) is 0 Å². The summed E-state index contributed by atoms with van der Waals surface area (Å²) in [7, 11) is 2.00. The van der Waals surface area contributed by atoms with Crippen molar-refractivity contribution in [3.8, 4) is 0 Å². The molecule has 14 heavy (non-hydrogen) atoms. The van der Waals surface area contributed by atoms with Crippen molar-refractivity contribution in [3.63, 3.8) is 0 Å². The van der Waals surface area contributed by atoms with Gasteiger partial charge in [0.1, 0.15) is 5.82 Å². The predicted molar refractivity (Wildman–Crippen MR) is 57.5 cm³/mol. The normalized spacial score (nSPS) is 15.6. The second kappa shape index (κ2) is 4.13. The number of aryl methyl sites for hydroxylation is 2. The molecule has 0 atom stereocenters.